The van der Waals surface area contributed by atoms with Gasteiger partial charge in [-0.25, -0.2) is 0 Å². The fraction of sp³-hybridized carbons (Fsp3) is 0.941. The van der Waals surface area contributed by atoms with Gasteiger partial charge >= 0.3 is 11.9 Å². The van der Waals surface area contributed by atoms with E-state index in [0.717, 1.165) is 0 Å². The molecule has 47 heavy (non-hydrogen) atoms. The molecule has 0 bridgehead atoms. The number of carbonyl (C=O) groups excluding carboxylic acids is 2. The summed E-state index contributed by atoms with van der Waals surface area (Å²) < 4.78 is 29.7. The van der Waals surface area contributed by atoms with Crippen LogP contribution < -0.4 is 0 Å². The van der Waals surface area contributed by atoms with E-state index in [-0.39, 0.29) is 43.9 Å². The molecule has 14 atom stereocenters. The zero-order valence-electron chi connectivity index (χ0n) is 30.7. The summed E-state index contributed by atoms with van der Waals surface area (Å²) in [4.78, 5) is 29.2. The molecule has 2 fully saturated rings. The molecule has 0 aromatic carbocycles. The number of aliphatic hydroxyl groups is 4. The molecule has 0 amide bonds. The molecule has 0 aromatic rings. The van der Waals surface area contributed by atoms with E-state index in [4.69, 9.17) is 23.7 Å². The molecule has 0 aromatic heterocycles. The third kappa shape index (κ3) is 10.5. The van der Waals surface area contributed by atoms with Crippen molar-refractivity contribution in [2.75, 3.05) is 41.4 Å². The highest BCUT2D eigenvalue weighted by atomic mass is 16.7. The summed E-state index contributed by atoms with van der Waals surface area (Å²) in [5, 5.41) is 46.5. The van der Waals surface area contributed by atoms with Crippen LogP contribution in [0.4, 0.5) is 0 Å². The molecule has 2 heterocycles. The maximum atomic E-state index is 13.5. The van der Waals surface area contributed by atoms with Gasteiger partial charge in [-0.1, -0.05) is 20.8 Å². The molecular formula is C34H64N2O11. The first-order valence-corrected chi connectivity index (χ1v) is 17.1. The van der Waals surface area contributed by atoms with Crippen LogP contribution in [-0.2, 0) is 33.3 Å². The molecule has 13 heteroatoms. The summed E-state index contributed by atoms with van der Waals surface area (Å²) >= 11 is 0. The van der Waals surface area contributed by atoms with Gasteiger partial charge in [0.25, 0.3) is 0 Å². The zero-order chi connectivity index (χ0) is 36.0. The first-order chi connectivity index (χ1) is 21.7. The minimum Gasteiger partial charge on any atom is -0.469 e. The van der Waals surface area contributed by atoms with Gasteiger partial charge in [-0.2, -0.15) is 0 Å². The van der Waals surface area contributed by atoms with E-state index in [1.807, 2.05) is 44.8 Å². The maximum absolute atomic E-state index is 13.5. The number of hydrogen-bond donors (Lipinski definition) is 4. The van der Waals surface area contributed by atoms with Gasteiger partial charge in [-0.15, -0.1) is 0 Å². The van der Waals surface area contributed by atoms with Crippen molar-refractivity contribution in [3.05, 3.63) is 0 Å². The van der Waals surface area contributed by atoms with Crippen molar-refractivity contribution in [3.8, 4) is 0 Å². The summed E-state index contributed by atoms with van der Waals surface area (Å²) in [6.07, 6.45) is -5.37. The molecular weight excluding hydrogens is 612 g/mol. The van der Waals surface area contributed by atoms with Crippen molar-refractivity contribution in [3.63, 3.8) is 0 Å². The number of likely N-dealkylation sites (N-methyl/N-ethyl adjacent to an activating group) is 2. The molecule has 2 aliphatic heterocycles. The lowest BCUT2D eigenvalue weighted by Crippen LogP contribution is -2.60. The Bertz CT molecular complexity index is 995. The van der Waals surface area contributed by atoms with Gasteiger partial charge in [0.15, 0.2) is 6.29 Å². The number of aliphatic hydroxyl groups excluding tert-OH is 2. The average Bonchev–Trinajstić information content (AvgIpc) is 2.99. The van der Waals surface area contributed by atoms with Gasteiger partial charge in [0, 0.05) is 24.5 Å². The fourth-order valence-electron chi connectivity index (χ4n) is 7.28. The summed E-state index contributed by atoms with van der Waals surface area (Å²) in [6, 6.07) is -0.672. The quantitative estimate of drug-likeness (QED) is 0.274. The highest BCUT2D eigenvalue weighted by molar-refractivity contribution is 5.73. The highest BCUT2D eigenvalue weighted by Gasteiger charge is 2.50. The van der Waals surface area contributed by atoms with Crippen molar-refractivity contribution < 1.29 is 53.7 Å². The first kappa shape index (κ1) is 41.7. The number of ether oxygens (including phenoxy) is 5. The van der Waals surface area contributed by atoms with E-state index in [0.29, 0.717) is 13.0 Å². The van der Waals surface area contributed by atoms with Crippen LogP contribution in [0.25, 0.3) is 0 Å². The van der Waals surface area contributed by atoms with Gasteiger partial charge < -0.3 is 53.9 Å². The lowest BCUT2D eigenvalue weighted by molar-refractivity contribution is -0.306. The van der Waals surface area contributed by atoms with Crippen LogP contribution in [-0.4, -0.2) is 150 Å². The lowest BCUT2D eigenvalue weighted by Gasteiger charge is -2.47. The van der Waals surface area contributed by atoms with Crippen LogP contribution in [0.3, 0.4) is 0 Å². The Kier molecular flexibility index (Phi) is 15.5. The van der Waals surface area contributed by atoms with Gasteiger partial charge in [-0.05, 0) is 80.9 Å². The van der Waals surface area contributed by atoms with Gasteiger partial charge in [0.1, 0.15) is 23.9 Å². The van der Waals surface area contributed by atoms with Crippen LogP contribution in [0.1, 0.15) is 81.1 Å². The Labute approximate surface area is 281 Å². The van der Waals surface area contributed by atoms with E-state index >= 15 is 0 Å². The molecule has 0 saturated carbocycles. The number of methoxy groups -OCH3 is 1. The predicted molar refractivity (Wildman–Crippen MR) is 175 cm³/mol. The van der Waals surface area contributed by atoms with Crippen molar-refractivity contribution in [2.45, 2.75) is 147 Å². The van der Waals surface area contributed by atoms with Crippen LogP contribution in [0.5, 0.6) is 0 Å². The number of cyclic esters (lactones) is 1. The molecule has 0 aliphatic carbocycles. The van der Waals surface area contributed by atoms with Crippen LogP contribution in [0, 0.1) is 17.8 Å². The Morgan fingerprint density at radius 1 is 1.11 bits per heavy atom. The Hall–Kier alpha value is -1.42. The average molecular weight is 677 g/mol. The fourth-order valence-corrected chi connectivity index (χ4v) is 7.28. The van der Waals surface area contributed by atoms with E-state index in [2.05, 4.69) is 0 Å². The Morgan fingerprint density at radius 3 is 2.28 bits per heavy atom. The summed E-state index contributed by atoms with van der Waals surface area (Å²) in [5.74, 6) is -3.15. The SMILES string of the molecule is CC[C@H]1OC(=O)[C@H](C)[C@@H](O)[C@H](C)[C@@H](O[C@@H]2O[C@H](C)C[C@H](N(C)C)[C@H]2OCCC(=O)OC)[C@@](C)(O)C[C@@H](C)CN(C)[C@H](C)[C@@H](O)[C@]1(C)O. The maximum Gasteiger partial charge on any atom is 0.311 e. The van der Waals surface area contributed by atoms with E-state index in [1.54, 1.807) is 27.7 Å². The van der Waals surface area contributed by atoms with Crippen molar-refractivity contribution in [2.24, 2.45) is 17.8 Å². The van der Waals surface area contributed by atoms with Crippen molar-refractivity contribution in [1.82, 2.24) is 9.80 Å². The number of hydrogen-bond acceptors (Lipinski definition) is 13. The summed E-state index contributed by atoms with van der Waals surface area (Å²) in [5.41, 5.74) is -3.30. The molecule has 276 valence electrons. The Balaban J connectivity index is 2.56. The molecule has 0 spiro atoms. The summed E-state index contributed by atoms with van der Waals surface area (Å²) in [7, 11) is 6.99. The molecule has 13 nitrogen and oxygen atoms in total. The number of rotatable bonds is 8. The monoisotopic (exact) mass is 676 g/mol. The van der Waals surface area contributed by atoms with Crippen LogP contribution in [0.2, 0.25) is 0 Å². The summed E-state index contributed by atoms with van der Waals surface area (Å²) in [6.45, 7) is 14.3. The van der Waals surface area contributed by atoms with Gasteiger partial charge in [-0.3, -0.25) is 9.59 Å². The zero-order valence-corrected chi connectivity index (χ0v) is 30.7. The minimum absolute atomic E-state index is 0.0368. The molecule has 2 aliphatic rings. The topological polar surface area (TPSA) is 168 Å². The molecule has 0 unspecified atom stereocenters. The predicted octanol–water partition coefficient (Wildman–Crippen LogP) is 1.56. The second-order valence-corrected chi connectivity index (χ2v) is 14.8. The molecule has 2 rings (SSSR count). The lowest BCUT2D eigenvalue weighted by atomic mass is 9.78. The minimum atomic E-state index is -1.77. The van der Waals surface area contributed by atoms with Crippen LogP contribution in [0.15, 0.2) is 0 Å². The standard InChI is InChI=1S/C34H64N2O11/c1-13-25-34(8,42)29(39)23(6)36(11)18-19(2)17-33(7,41)30(21(4)27(38)22(5)31(40)46-25)47-32-28(44-15-14-26(37)43-12)24(35(9)10)16-20(3)45-32/h19-25,27-30,32,38-39,41-42H,13-18H2,1-12H3/t19-,20-,21+,22-,23-,24+,25-,27+,28-,29-,30-,32+,33+,34-/m1/s1. The second-order valence-electron chi connectivity index (χ2n) is 14.8. The number of esters is 2. The van der Waals surface area contributed by atoms with E-state index < -0.39 is 77.8 Å². The molecule has 2 saturated heterocycles. The van der Waals surface area contributed by atoms with Gasteiger partial charge in [0.05, 0.1) is 50.0 Å². The molecule has 4 N–H and O–H groups in total. The largest absolute Gasteiger partial charge is 0.469 e. The molecule has 0 radical (unpaired) electrons. The van der Waals surface area contributed by atoms with Crippen molar-refractivity contribution >= 4 is 11.9 Å². The third-order valence-electron chi connectivity index (χ3n) is 10.3. The highest BCUT2D eigenvalue weighted by Crippen LogP contribution is 2.37. The van der Waals surface area contributed by atoms with Crippen LogP contribution >= 0.6 is 0 Å². The normalized spacial score (nSPS) is 43.6. The second kappa shape index (κ2) is 17.5. The van der Waals surface area contributed by atoms with Gasteiger partial charge in [0.2, 0.25) is 0 Å². The van der Waals surface area contributed by atoms with E-state index in [1.165, 1.54) is 21.0 Å². The third-order valence-corrected chi connectivity index (χ3v) is 10.3. The smallest absolute Gasteiger partial charge is 0.311 e. The number of nitrogens with zero attached hydrogens (tertiary/aromatic N) is 2. The number of carbonyl (C=O) groups is 2. The van der Waals surface area contributed by atoms with E-state index in [9.17, 15) is 30.0 Å². The Morgan fingerprint density at radius 2 is 1.72 bits per heavy atom. The van der Waals surface area contributed by atoms with Crippen molar-refractivity contribution in [1.29, 1.82) is 0 Å². The first-order valence-electron chi connectivity index (χ1n) is 17.1.